The summed E-state index contributed by atoms with van der Waals surface area (Å²) in [7, 11) is 0. The van der Waals surface area contributed by atoms with Gasteiger partial charge in [-0.2, -0.15) is 0 Å². The minimum Gasteiger partial charge on any atom is -0.327 e. The van der Waals surface area contributed by atoms with Crippen molar-refractivity contribution in [2.75, 3.05) is 0 Å². The zero-order valence-corrected chi connectivity index (χ0v) is 7.92. The molecule has 2 rings (SSSR count). The van der Waals surface area contributed by atoms with Gasteiger partial charge in [0.1, 0.15) is 5.82 Å². The minimum absolute atomic E-state index is 0.178. The number of hydrogen-bond acceptors (Lipinski definition) is 1. The molecule has 70 valence electrons. The Balaban J connectivity index is 2.25. The van der Waals surface area contributed by atoms with Crippen LogP contribution in [-0.4, -0.2) is 6.04 Å². The lowest BCUT2D eigenvalue weighted by atomic mass is 10.0. The first-order valence-corrected chi connectivity index (χ1v) is 4.54. The largest absolute Gasteiger partial charge is 0.327 e. The highest BCUT2D eigenvalue weighted by Gasteiger charge is 2.55. The van der Waals surface area contributed by atoms with Gasteiger partial charge in [-0.15, -0.1) is 0 Å². The normalized spacial score (nSPS) is 30.2. The summed E-state index contributed by atoms with van der Waals surface area (Å²) in [6.45, 7) is 4.29. The lowest BCUT2D eigenvalue weighted by Gasteiger charge is -2.01. The molecule has 0 aromatic heterocycles. The van der Waals surface area contributed by atoms with E-state index in [1.165, 1.54) is 12.1 Å². The Labute approximate surface area is 77.8 Å². The molecule has 2 unspecified atom stereocenters. The van der Waals surface area contributed by atoms with Crippen LogP contribution in [0, 0.1) is 11.2 Å². The first-order chi connectivity index (χ1) is 6.03. The van der Waals surface area contributed by atoms with Crippen LogP contribution < -0.4 is 5.73 Å². The Hall–Kier alpha value is -0.890. The summed E-state index contributed by atoms with van der Waals surface area (Å²) in [6.07, 6.45) is 0. The lowest BCUT2D eigenvalue weighted by Crippen LogP contribution is -2.06. The topological polar surface area (TPSA) is 26.0 Å². The van der Waals surface area contributed by atoms with E-state index >= 15 is 0 Å². The molecule has 2 atom stereocenters. The highest BCUT2D eigenvalue weighted by atomic mass is 19.1. The highest BCUT2D eigenvalue weighted by molar-refractivity contribution is 5.33. The Bertz CT molecular complexity index is 315. The van der Waals surface area contributed by atoms with Crippen molar-refractivity contribution in [1.82, 2.24) is 0 Å². The van der Waals surface area contributed by atoms with Crippen molar-refractivity contribution < 1.29 is 4.39 Å². The van der Waals surface area contributed by atoms with E-state index in [9.17, 15) is 4.39 Å². The molecule has 1 aliphatic carbocycles. The van der Waals surface area contributed by atoms with Crippen LogP contribution in [0.15, 0.2) is 24.3 Å². The molecule has 0 radical (unpaired) electrons. The van der Waals surface area contributed by atoms with Gasteiger partial charge in [-0.05, 0) is 23.1 Å². The second-order valence-electron chi connectivity index (χ2n) is 4.38. The van der Waals surface area contributed by atoms with E-state index in [-0.39, 0.29) is 17.3 Å². The van der Waals surface area contributed by atoms with Gasteiger partial charge in [-0.3, -0.25) is 0 Å². The number of hydrogen-bond donors (Lipinski definition) is 1. The number of halogens is 1. The second-order valence-corrected chi connectivity index (χ2v) is 4.38. The van der Waals surface area contributed by atoms with Gasteiger partial charge in [0.2, 0.25) is 0 Å². The van der Waals surface area contributed by atoms with Crippen LogP contribution in [-0.2, 0) is 0 Å². The van der Waals surface area contributed by atoms with Crippen LogP contribution in [0.5, 0.6) is 0 Å². The molecule has 0 spiro atoms. The van der Waals surface area contributed by atoms with E-state index in [4.69, 9.17) is 5.73 Å². The van der Waals surface area contributed by atoms with Gasteiger partial charge >= 0.3 is 0 Å². The van der Waals surface area contributed by atoms with Gasteiger partial charge in [0.25, 0.3) is 0 Å². The molecule has 1 aromatic carbocycles. The molecule has 1 aliphatic rings. The van der Waals surface area contributed by atoms with Crippen molar-refractivity contribution in [3.8, 4) is 0 Å². The van der Waals surface area contributed by atoms with E-state index in [1.807, 2.05) is 12.1 Å². The smallest absolute Gasteiger partial charge is 0.123 e. The third-order valence-electron chi connectivity index (χ3n) is 3.14. The fourth-order valence-electron chi connectivity index (χ4n) is 1.98. The van der Waals surface area contributed by atoms with E-state index < -0.39 is 0 Å². The monoisotopic (exact) mass is 179 g/mol. The van der Waals surface area contributed by atoms with Crippen molar-refractivity contribution in [1.29, 1.82) is 0 Å². The van der Waals surface area contributed by atoms with Crippen molar-refractivity contribution in [3.63, 3.8) is 0 Å². The average Bonchev–Trinajstić information content (AvgIpc) is 2.55. The molecule has 2 heteroatoms. The first-order valence-electron chi connectivity index (χ1n) is 4.54. The molecular weight excluding hydrogens is 165 g/mol. The van der Waals surface area contributed by atoms with Crippen LogP contribution in [0.3, 0.4) is 0 Å². The van der Waals surface area contributed by atoms with Crippen molar-refractivity contribution in [3.05, 3.63) is 35.6 Å². The average molecular weight is 179 g/mol. The van der Waals surface area contributed by atoms with Gasteiger partial charge in [-0.25, -0.2) is 4.39 Å². The van der Waals surface area contributed by atoms with Gasteiger partial charge in [-0.1, -0.05) is 26.0 Å². The van der Waals surface area contributed by atoms with Crippen LogP contribution in [0.2, 0.25) is 0 Å². The predicted molar refractivity (Wildman–Crippen MR) is 50.9 cm³/mol. The highest BCUT2D eigenvalue weighted by Crippen LogP contribution is 2.57. The molecule has 1 fully saturated rings. The molecular formula is C11H14FN. The standard InChI is InChI=1S/C11H14FN/c1-11(2)9(10(11)13)7-3-5-8(12)6-4-7/h3-6,9-10H,13H2,1-2H3. The Kier molecular flexibility index (Phi) is 1.70. The molecule has 0 bridgehead atoms. The second kappa shape index (κ2) is 2.55. The van der Waals surface area contributed by atoms with Crippen LogP contribution in [0.4, 0.5) is 4.39 Å². The van der Waals surface area contributed by atoms with Gasteiger partial charge in [0.05, 0.1) is 0 Å². The number of rotatable bonds is 1. The Morgan fingerprint density at radius 2 is 1.69 bits per heavy atom. The fourth-order valence-corrected chi connectivity index (χ4v) is 1.98. The summed E-state index contributed by atoms with van der Waals surface area (Å²) in [5.74, 6) is 0.212. The minimum atomic E-state index is -0.184. The molecule has 1 saturated carbocycles. The fraction of sp³-hybridized carbons (Fsp3) is 0.455. The van der Waals surface area contributed by atoms with Gasteiger partial charge in [0.15, 0.2) is 0 Å². The summed E-state index contributed by atoms with van der Waals surface area (Å²) in [5, 5.41) is 0. The van der Waals surface area contributed by atoms with Crippen molar-refractivity contribution in [2.45, 2.75) is 25.8 Å². The zero-order valence-electron chi connectivity index (χ0n) is 7.92. The maximum Gasteiger partial charge on any atom is 0.123 e. The molecule has 13 heavy (non-hydrogen) atoms. The van der Waals surface area contributed by atoms with Crippen molar-refractivity contribution >= 4 is 0 Å². The maximum atomic E-state index is 12.6. The SMILES string of the molecule is CC1(C)C(N)C1c1ccc(F)cc1. The van der Waals surface area contributed by atoms with E-state index in [2.05, 4.69) is 13.8 Å². The predicted octanol–water partition coefficient (Wildman–Crippen LogP) is 2.28. The summed E-state index contributed by atoms with van der Waals surface area (Å²) in [4.78, 5) is 0. The van der Waals surface area contributed by atoms with Crippen LogP contribution in [0.1, 0.15) is 25.3 Å². The lowest BCUT2D eigenvalue weighted by molar-refractivity contribution is 0.597. The zero-order chi connectivity index (χ0) is 9.64. The summed E-state index contributed by atoms with van der Waals surface area (Å²) >= 11 is 0. The molecule has 0 amide bonds. The maximum absolute atomic E-state index is 12.6. The molecule has 1 nitrogen and oxygen atoms in total. The third-order valence-corrected chi connectivity index (χ3v) is 3.14. The van der Waals surface area contributed by atoms with E-state index in [0.717, 1.165) is 5.56 Å². The molecule has 1 aromatic rings. The van der Waals surface area contributed by atoms with Crippen molar-refractivity contribution in [2.24, 2.45) is 11.1 Å². The van der Waals surface area contributed by atoms with Crippen LogP contribution in [0.25, 0.3) is 0 Å². The summed E-state index contributed by atoms with van der Waals surface area (Å²) < 4.78 is 12.6. The number of benzene rings is 1. The molecule has 0 heterocycles. The Morgan fingerprint density at radius 3 is 2.08 bits per heavy atom. The Morgan fingerprint density at radius 1 is 1.23 bits per heavy atom. The first kappa shape index (κ1) is 8.70. The number of nitrogens with two attached hydrogens (primary N) is 1. The molecule has 0 aliphatic heterocycles. The van der Waals surface area contributed by atoms with E-state index in [1.54, 1.807) is 0 Å². The van der Waals surface area contributed by atoms with E-state index in [0.29, 0.717) is 5.92 Å². The quantitative estimate of drug-likeness (QED) is 0.703. The third kappa shape index (κ3) is 1.25. The molecule has 2 N–H and O–H groups in total. The molecule has 0 saturated heterocycles. The van der Waals surface area contributed by atoms with Gasteiger partial charge < -0.3 is 5.73 Å². The summed E-state index contributed by atoms with van der Waals surface area (Å²) in [5.41, 5.74) is 7.25. The van der Waals surface area contributed by atoms with Crippen LogP contribution >= 0.6 is 0 Å². The van der Waals surface area contributed by atoms with Gasteiger partial charge in [0, 0.05) is 12.0 Å². The summed E-state index contributed by atoms with van der Waals surface area (Å²) in [6, 6.07) is 6.87.